The van der Waals surface area contributed by atoms with Crippen LogP contribution in [-0.2, 0) is 16.1 Å². The summed E-state index contributed by atoms with van der Waals surface area (Å²) in [4.78, 5) is 49.0. The molecular weight excluding hydrogens is 474 g/mol. The van der Waals surface area contributed by atoms with E-state index in [1.54, 1.807) is 12.1 Å². The molecule has 1 fully saturated rings. The van der Waals surface area contributed by atoms with Crippen molar-refractivity contribution >= 4 is 35.3 Å². The molecule has 0 bridgehead atoms. The quantitative estimate of drug-likeness (QED) is 0.357. The SMILES string of the molecule is O=C(NCc1cccc(O)c1)c1ccc(C(=O)NC(CNC(=O)C2CCCCC2)C(=O)O)c(Cl)c1. The smallest absolute Gasteiger partial charge is 0.328 e. The van der Waals surface area contributed by atoms with Gasteiger partial charge in [-0.25, -0.2) is 4.79 Å². The Morgan fingerprint density at radius 1 is 0.971 bits per heavy atom. The Balaban J connectivity index is 1.57. The minimum atomic E-state index is -1.34. The van der Waals surface area contributed by atoms with Crippen LogP contribution in [0, 0.1) is 5.92 Å². The lowest BCUT2D eigenvalue weighted by Crippen LogP contribution is -2.49. The largest absolute Gasteiger partial charge is 0.508 e. The molecule has 1 unspecified atom stereocenters. The minimum Gasteiger partial charge on any atom is -0.508 e. The number of hydrogen-bond acceptors (Lipinski definition) is 5. The Labute approximate surface area is 207 Å². The predicted octanol–water partition coefficient (Wildman–Crippen LogP) is 2.86. The molecule has 0 heterocycles. The fourth-order valence-corrected chi connectivity index (χ4v) is 4.21. The number of phenols is 1. The van der Waals surface area contributed by atoms with Gasteiger partial charge >= 0.3 is 5.97 Å². The summed E-state index contributed by atoms with van der Waals surface area (Å²) in [5, 5.41) is 26.6. The molecule has 0 aromatic heterocycles. The van der Waals surface area contributed by atoms with Crippen LogP contribution in [0.25, 0.3) is 0 Å². The fourth-order valence-electron chi connectivity index (χ4n) is 3.94. The summed E-state index contributed by atoms with van der Waals surface area (Å²) in [6, 6.07) is 9.17. The third-order valence-electron chi connectivity index (χ3n) is 5.90. The molecule has 0 spiro atoms. The zero-order valence-electron chi connectivity index (χ0n) is 19.1. The number of benzene rings is 2. The highest BCUT2D eigenvalue weighted by Crippen LogP contribution is 2.23. The Morgan fingerprint density at radius 3 is 2.37 bits per heavy atom. The summed E-state index contributed by atoms with van der Waals surface area (Å²) in [6.45, 7) is -0.0660. The maximum atomic E-state index is 12.7. The second-order valence-corrected chi connectivity index (χ2v) is 8.90. The number of aliphatic carboxylic acids is 1. The first kappa shape index (κ1) is 26.0. The van der Waals surface area contributed by atoms with E-state index >= 15 is 0 Å². The Kier molecular flexibility index (Phi) is 9.08. The molecule has 0 saturated heterocycles. The van der Waals surface area contributed by atoms with E-state index in [1.165, 1.54) is 30.3 Å². The average molecular weight is 502 g/mol. The standard InChI is InChI=1S/C25H28ClN3O6/c26-20-12-17(23(32)27-13-15-5-4-8-18(30)11-15)9-10-19(20)24(33)29-21(25(34)35)14-28-22(31)16-6-2-1-3-7-16/h4-5,8-12,16,21,30H,1-3,6-7,13-14H2,(H,27,32)(H,28,31)(H,29,33)(H,34,35). The summed E-state index contributed by atoms with van der Waals surface area (Å²) in [5.74, 6) is -2.71. The molecule has 2 aromatic rings. The molecule has 3 amide bonds. The Bertz CT molecular complexity index is 1100. The number of nitrogens with one attached hydrogen (secondary N) is 3. The van der Waals surface area contributed by atoms with Gasteiger partial charge in [0.15, 0.2) is 0 Å². The number of rotatable bonds is 9. The van der Waals surface area contributed by atoms with Gasteiger partial charge in [0.2, 0.25) is 5.91 Å². The number of carbonyl (C=O) groups is 4. The van der Waals surface area contributed by atoms with Crippen molar-refractivity contribution in [2.24, 2.45) is 5.92 Å². The van der Waals surface area contributed by atoms with Gasteiger partial charge in [-0.1, -0.05) is 43.0 Å². The van der Waals surface area contributed by atoms with Crippen LogP contribution >= 0.6 is 11.6 Å². The first-order valence-electron chi connectivity index (χ1n) is 11.4. The minimum absolute atomic E-state index is 0.000977. The van der Waals surface area contributed by atoms with Crippen LogP contribution in [0.15, 0.2) is 42.5 Å². The van der Waals surface area contributed by atoms with E-state index in [4.69, 9.17) is 11.6 Å². The van der Waals surface area contributed by atoms with Gasteiger partial charge in [0.25, 0.3) is 11.8 Å². The van der Waals surface area contributed by atoms with E-state index in [-0.39, 0.29) is 46.8 Å². The van der Waals surface area contributed by atoms with E-state index < -0.39 is 23.8 Å². The van der Waals surface area contributed by atoms with E-state index in [9.17, 15) is 29.4 Å². The molecule has 9 nitrogen and oxygen atoms in total. The Hall–Kier alpha value is -3.59. The summed E-state index contributed by atoms with van der Waals surface area (Å²) in [6.07, 6.45) is 4.59. The molecule has 0 radical (unpaired) electrons. The zero-order valence-corrected chi connectivity index (χ0v) is 19.8. The number of aromatic hydroxyl groups is 1. The highest BCUT2D eigenvalue weighted by atomic mass is 35.5. The lowest BCUT2D eigenvalue weighted by atomic mass is 9.88. The first-order chi connectivity index (χ1) is 16.7. The van der Waals surface area contributed by atoms with Gasteiger partial charge in [0.05, 0.1) is 10.6 Å². The van der Waals surface area contributed by atoms with Crippen LogP contribution in [0.1, 0.15) is 58.4 Å². The molecule has 1 atom stereocenters. The van der Waals surface area contributed by atoms with Crippen molar-refractivity contribution in [2.45, 2.75) is 44.7 Å². The number of hydrogen-bond donors (Lipinski definition) is 5. The lowest BCUT2D eigenvalue weighted by Gasteiger charge is -2.22. The summed E-state index contributed by atoms with van der Waals surface area (Å²) in [5.41, 5.74) is 0.915. The van der Waals surface area contributed by atoms with E-state index in [0.717, 1.165) is 32.1 Å². The molecular formula is C25H28ClN3O6. The number of amides is 3. The first-order valence-corrected chi connectivity index (χ1v) is 11.8. The fraction of sp³-hybridized carbons (Fsp3) is 0.360. The molecule has 0 aliphatic heterocycles. The van der Waals surface area contributed by atoms with Crippen molar-refractivity contribution in [3.05, 3.63) is 64.2 Å². The van der Waals surface area contributed by atoms with Crippen molar-refractivity contribution in [3.8, 4) is 5.75 Å². The molecule has 10 heteroatoms. The van der Waals surface area contributed by atoms with Crippen LogP contribution in [0.5, 0.6) is 5.75 Å². The third kappa shape index (κ3) is 7.45. The summed E-state index contributed by atoms with van der Waals surface area (Å²) < 4.78 is 0. The van der Waals surface area contributed by atoms with Crippen LogP contribution in [0.3, 0.4) is 0 Å². The Morgan fingerprint density at radius 2 is 1.71 bits per heavy atom. The third-order valence-corrected chi connectivity index (χ3v) is 6.21. The van der Waals surface area contributed by atoms with Gasteiger partial charge in [0.1, 0.15) is 11.8 Å². The van der Waals surface area contributed by atoms with E-state index in [2.05, 4.69) is 16.0 Å². The normalized spacial score (nSPS) is 14.5. The number of halogens is 1. The van der Waals surface area contributed by atoms with Crippen molar-refractivity contribution in [1.82, 2.24) is 16.0 Å². The van der Waals surface area contributed by atoms with Crippen LogP contribution in [0.4, 0.5) is 0 Å². The van der Waals surface area contributed by atoms with Gasteiger partial charge in [-0.3, -0.25) is 14.4 Å². The summed E-state index contributed by atoms with van der Waals surface area (Å²) in [7, 11) is 0. The molecule has 1 aliphatic rings. The molecule has 2 aromatic carbocycles. The maximum Gasteiger partial charge on any atom is 0.328 e. The zero-order chi connectivity index (χ0) is 25.4. The monoisotopic (exact) mass is 501 g/mol. The second kappa shape index (κ2) is 12.2. The lowest BCUT2D eigenvalue weighted by molar-refractivity contribution is -0.139. The molecule has 1 saturated carbocycles. The van der Waals surface area contributed by atoms with Gasteiger partial charge in [0, 0.05) is 24.6 Å². The molecule has 35 heavy (non-hydrogen) atoms. The van der Waals surface area contributed by atoms with Crippen molar-refractivity contribution in [1.29, 1.82) is 0 Å². The number of carboxylic acids is 1. The average Bonchev–Trinajstić information content (AvgIpc) is 2.85. The molecule has 5 N–H and O–H groups in total. The van der Waals surface area contributed by atoms with Crippen LogP contribution in [0.2, 0.25) is 5.02 Å². The number of carboxylic acid groups (broad SMARTS) is 1. The second-order valence-electron chi connectivity index (χ2n) is 8.49. The van der Waals surface area contributed by atoms with Gasteiger partial charge in [-0.05, 0) is 48.7 Å². The highest BCUT2D eigenvalue weighted by Gasteiger charge is 2.26. The van der Waals surface area contributed by atoms with E-state index in [1.807, 2.05) is 0 Å². The van der Waals surface area contributed by atoms with Crippen molar-refractivity contribution < 1.29 is 29.4 Å². The molecule has 1 aliphatic carbocycles. The number of phenolic OH excluding ortho intramolecular Hbond substituents is 1. The topological polar surface area (TPSA) is 145 Å². The number of carbonyl (C=O) groups excluding carboxylic acids is 3. The predicted molar refractivity (Wildman–Crippen MR) is 129 cm³/mol. The highest BCUT2D eigenvalue weighted by molar-refractivity contribution is 6.34. The molecule has 186 valence electrons. The van der Waals surface area contributed by atoms with Crippen LogP contribution in [-0.4, -0.2) is 46.5 Å². The molecule has 3 rings (SSSR count). The van der Waals surface area contributed by atoms with Crippen molar-refractivity contribution in [2.75, 3.05) is 6.54 Å². The van der Waals surface area contributed by atoms with Gasteiger partial charge in [-0.15, -0.1) is 0 Å². The maximum absolute atomic E-state index is 12.7. The van der Waals surface area contributed by atoms with Crippen LogP contribution < -0.4 is 16.0 Å². The van der Waals surface area contributed by atoms with E-state index in [0.29, 0.717) is 5.56 Å². The summed E-state index contributed by atoms with van der Waals surface area (Å²) >= 11 is 6.21. The van der Waals surface area contributed by atoms with Gasteiger partial charge in [-0.2, -0.15) is 0 Å². The van der Waals surface area contributed by atoms with Gasteiger partial charge < -0.3 is 26.2 Å². The van der Waals surface area contributed by atoms with Crippen molar-refractivity contribution in [3.63, 3.8) is 0 Å².